The van der Waals surface area contributed by atoms with Crippen LogP contribution in [0.3, 0.4) is 0 Å². The molecule has 2 atom stereocenters. The molecule has 0 spiro atoms. The van der Waals surface area contributed by atoms with Gasteiger partial charge in [-0.2, -0.15) is 8.70 Å². The van der Waals surface area contributed by atoms with Gasteiger partial charge in [0, 0.05) is 19.2 Å². The molecule has 1 aromatic rings. The van der Waals surface area contributed by atoms with E-state index in [4.69, 9.17) is 0 Å². The van der Waals surface area contributed by atoms with Crippen LogP contribution in [0.1, 0.15) is 0 Å². The van der Waals surface area contributed by atoms with Crippen molar-refractivity contribution in [2.24, 2.45) is 0 Å². The third kappa shape index (κ3) is 2.50. The van der Waals surface area contributed by atoms with Crippen LogP contribution in [0.5, 0.6) is 0 Å². The number of aliphatic hydroxyl groups is 2. The number of rotatable bonds is 3. The second kappa shape index (κ2) is 5.05. The molecule has 1 aliphatic rings. The third-order valence-electron chi connectivity index (χ3n) is 2.98. The van der Waals surface area contributed by atoms with Gasteiger partial charge in [0.25, 0.3) is 0 Å². The molecule has 0 saturated carbocycles. The molecule has 8 nitrogen and oxygen atoms in total. The van der Waals surface area contributed by atoms with Crippen molar-refractivity contribution in [3.63, 3.8) is 0 Å². The van der Waals surface area contributed by atoms with Crippen molar-refractivity contribution in [2.45, 2.75) is 17.1 Å². The van der Waals surface area contributed by atoms with Crippen LogP contribution in [0.15, 0.2) is 23.1 Å². The summed E-state index contributed by atoms with van der Waals surface area (Å²) in [7, 11) is -4.14. The monoisotopic (exact) mass is 306 g/mol. The number of aliphatic hydroxyl groups excluding tert-OH is 2. The molecule has 1 saturated heterocycles. The largest absolute Gasteiger partial charge is 0.389 e. The average molecular weight is 306 g/mol. The molecule has 10 heteroatoms. The van der Waals surface area contributed by atoms with Crippen LogP contribution in [0, 0.1) is 15.9 Å². The summed E-state index contributed by atoms with van der Waals surface area (Å²) < 4.78 is 38.3. The number of hydrogen-bond donors (Lipinski definition) is 2. The lowest BCUT2D eigenvalue weighted by molar-refractivity contribution is -0.387. The van der Waals surface area contributed by atoms with Crippen LogP contribution in [0.2, 0.25) is 0 Å². The van der Waals surface area contributed by atoms with E-state index in [2.05, 4.69) is 0 Å². The summed E-state index contributed by atoms with van der Waals surface area (Å²) in [5.74, 6) is -1.14. The van der Waals surface area contributed by atoms with Crippen molar-refractivity contribution in [1.29, 1.82) is 0 Å². The predicted molar refractivity (Wildman–Crippen MR) is 63.8 cm³/mol. The second-order valence-corrected chi connectivity index (χ2v) is 6.26. The number of benzene rings is 1. The Labute approximate surface area is 113 Å². The number of nitrogens with zero attached hydrogens (tertiary/aromatic N) is 2. The van der Waals surface area contributed by atoms with Crippen LogP contribution < -0.4 is 0 Å². The number of β-amino-alcohol motifs (C(OH)–C–C–N with tert-alkyl or cyclic N) is 2. The first kappa shape index (κ1) is 14.8. The topological polar surface area (TPSA) is 121 Å². The first-order chi connectivity index (χ1) is 9.23. The van der Waals surface area contributed by atoms with Crippen molar-refractivity contribution < 1.29 is 27.9 Å². The van der Waals surface area contributed by atoms with Gasteiger partial charge in [0.1, 0.15) is 0 Å². The smallest absolute Gasteiger partial charge is 0.306 e. The molecule has 0 radical (unpaired) electrons. The molecular weight excluding hydrogens is 295 g/mol. The van der Waals surface area contributed by atoms with Crippen LogP contribution >= 0.6 is 0 Å². The predicted octanol–water partition coefficient (Wildman–Crippen LogP) is -0.540. The summed E-state index contributed by atoms with van der Waals surface area (Å²) in [6.07, 6.45) is -2.44. The van der Waals surface area contributed by atoms with Gasteiger partial charge < -0.3 is 10.2 Å². The SMILES string of the molecule is O=[N+]([O-])c1cc(S(=O)(=O)N2CC(O)C(O)C2)ccc1F. The van der Waals surface area contributed by atoms with Gasteiger partial charge in [-0.1, -0.05) is 0 Å². The standard InChI is InChI=1S/C10H11FN2O6S/c11-7-2-1-6(3-8(7)13(16)17)20(18,19)12-4-9(14)10(15)5-12/h1-3,9-10,14-15H,4-5H2. The zero-order valence-corrected chi connectivity index (χ0v) is 10.8. The highest BCUT2D eigenvalue weighted by atomic mass is 32.2. The van der Waals surface area contributed by atoms with E-state index in [1.165, 1.54) is 0 Å². The summed E-state index contributed by atoms with van der Waals surface area (Å²) in [5, 5.41) is 29.3. The lowest BCUT2D eigenvalue weighted by Gasteiger charge is -2.15. The van der Waals surface area contributed by atoms with Crippen molar-refractivity contribution in [3.05, 3.63) is 34.1 Å². The van der Waals surface area contributed by atoms with Gasteiger partial charge in [-0.25, -0.2) is 8.42 Å². The zero-order chi connectivity index (χ0) is 15.1. The van der Waals surface area contributed by atoms with Gasteiger partial charge >= 0.3 is 5.69 Å². The van der Waals surface area contributed by atoms with Crippen molar-refractivity contribution in [3.8, 4) is 0 Å². The number of nitro benzene ring substituents is 1. The molecule has 2 unspecified atom stereocenters. The van der Waals surface area contributed by atoms with E-state index in [0.717, 1.165) is 10.4 Å². The van der Waals surface area contributed by atoms with E-state index in [0.29, 0.717) is 12.1 Å². The molecule has 0 bridgehead atoms. The third-order valence-corrected chi connectivity index (χ3v) is 4.81. The lowest BCUT2D eigenvalue weighted by atomic mass is 10.3. The highest BCUT2D eigenvalue weighted by Gasteiger charge is 2.38. The summed E-state index contributed by atoms with van der Waals surface area (Å²) >= 11 is 0. The fraction of sp³-hybridized carbons (Fsp3) is 0.400. The summed E-state index contributed by atoms with van der Waals surface area (Å²) in [6, 6.07) is 2.20. The van der Waals surface area contributed by atoms with E-state index in [1.54, 1.807) is 0 Å². The number of hydrogen-bond acceptors (Lipinski definition) is 6. The molecule has 1 aromatic carbocycles. The highest BCUT2D eigenvalue weighted by molar-refractivity contribution is 7.89. The fourth-order valence-corrected chi connectivity index (χ4v) is 3.37. The van der Waals surface area contributed by atoms with Gasteiger partial charge in [-0.15, -0.1) is 0 Å². The van der Waals surface area contributed by atoms with Crippen molar-refractivity contribution in [1.82, 2.24) is 4.31 Å². The zero-order valence-electron chi connectivity index (χ0n) is 10.0. The molecule has 0 aliphatic carbocycles. The van der Waals surface area contributed by atoms with Gasteiger partial charge in [-0.3, -0.25) is 10.1 Å². The fourth-order valence-electron chi connectivity index (χ4n) is 1.87. The Morgan fingerprint density at radius 3 is 2.35 bits per heavy atom. The van der Waals surface area contributed by atoms with Gasteiger partial charge in [0.2, 0.25) is 15.8 Å². The van der Waals surface area contributed by atoms with Gasteiger partial charge in [-0.05, 0) is 12.1 Å². The van der Waals surface area contributed by atoms with Crippen molar-refractivity contribution in [2.75, 3.05) is 13.1 Å². The first-order valence-electron chi connectivity index (χ1n) is 5.53. The molecule has 1 fully saturated rings. The molecule has 0 amide bonds. The Balaban J connectivity index is 2.40. The lowest BCUT2D eigenvalue weighted by Crippen LogP contribution is -2.30. The Kier molecular flexibility index (Phi) is 3.73. The number of sulfonamides is 1. The second-order valence-electron chi connectivity index (χ2n) is 4.33. The molecule has 1 aliphatic heterocycles. The summed E-state index contributed by atoms with van der Waals surface area (Å²) in [5.41, 5.74) is -0.952. The minimum Gasteiger partial charge on any atom is -0.389 e. The Hall–Kier alpha value is -1.62. The molecule has 20 heavy (non-hydrogen) atoms. The number of nitro groups is 1. The number of halogens is 1. The van der Waals surface area contributed by atoms with Gasteiger partial charge in [0.15, 0.2) is 0 Å². The Bertz CT molecular complexity index is 639. The molecule has 1 heterocycles. The first-order valence-corrected chi connectivity index (χ1v) is 6.97. The quantitative estimate of drug-likeness (QED) is 0.571. The Morgan fingerprint density at radius 1 is 1.30 bits per heavy atom. The minimum atomic E-state index is -4.14. The molecule has 2 N–H and O–H groups in total. The average Bonchev–Trinajstić information content (AvgIpc) is 2.70. The minimum absolute atomic E-state index is 0.325. The Morgan fingerprint density at radius 2 is 1.85 bits per heavy atom. The highest BCUT2D eigenvalue weighted by Crippen LogP contribution is 2.26. The summed E-state index contributed by atoms with van der Waals surface area (Å²) in [4.78, 5) is 9.11. The van der Waals surface area contributed by atoms with Crippen LogP contribution in [0.4, 0.5) is 10.1 Å². The maximum Gasteiger partial charge on any atom is 0.306 e. The van der Waals surface area contributed by atoms with E-state index in [1.807, 2.05) is 0 Å². The van der Waals surface area contributed by atoms with Crippen LogP contribution in [-0.4, -0.2) is 53.2 Å². The summed E-state index contributed by atoms with van der Waals surface area (Å²) in [6.45, 7) is -0.649. The van der Waals surface area contributed by atoms with E-state index in [-0.39, 0.29) is 13.1 Å². The van der Waals surface area contributed by atoms with Crippen molar-refractivity contribution >= 4 is 15.7 Å². The molecular formula is C10H11FN2O6S. The maximum atomic E-state index is 13.2. The molecule has 2 rings (SSSR count). The van der Waals surface area contributed by atoms with Crippen LogP contribution in [-0.2, 0) is 10.0 Å². The van der Waals surface area contributed by atoms with Crippen LogP contribution in [0.25, 0.3) is 0 Å². The molecule has 0 aromatic heterocycles. The van der Waals surface area contributed by atoms with Gasteiger partial charge in [0.05, 0.1) is 22.0 Å². The van der Waals surface area contributed by atoms with E-state index < -0.39 is 43.6 Å². The van der Waals surface area contributed by atoms with E-state index >= 15 is 0 Å². The maximum absolute atomic E-state index is 13.2. The van der Waals surface area contributed by atoms with E-state index in [9.17, 15) is 33.1 Å². The normalized spacial score (nSPS) is 23.9. The molecule has 110 valence electrons.